The molecule has 2 aromatic carbocycles. The number of aliphatic hydroxyl groups is 1. The summed E-state index contributed by atoms with van der Waals surface area (Å²) in [5.41, 5.74) is 17.1. The Balaban J connectivity index is 1.21. The lowest BCUT2D eigenvalue weighted by Crippen LogP contribution is -2.57. The molecule has 0 radical (unpaired) electrons. The first-order chi connectivity index (χ1) is 25.6. The minimum atomic E-state index is -0.873. The number of thiazole rings is 1. The maximum atomic E-state index is 13.9. The molecule has 8 N–H and O–H groups in total. The number of amides is 5. The number of aromatic nitrogens is 1. The molecule has 1 saturated heterocycles. The number of nitrogens with one attached hydrogen (secondary N) is 3. The van der Waals surface area contributed by atoms with Crippen molar-refractivity contribution >= 4 is 40.9 Å². The van der Waals surface area contributed by atoms with Crippen LogP contribution < -0.4 is 27.4 Å². The van der Waals surface area contributed by atoms with E-state index in [4.69, 9.17) is 11.5 Å². The number of hydrogen-bond donors (Lipinski definition) is 6. The van der Waals surface area contributed by atoms with Gasteiger partial charge in [-0.3, -0.25) is 24.0 Å². The number of likely N-dealkylation sites (tertiary alicyclic amines) is 1. The molecule has 1 aromatic heterocycles. The number of primary amides is 1. The third-order valence-electron chi connectivity index (χ3n) is 9.61. The second-order valence-corrected chi connectivity index (χ2v) is 16.0. The summed E-state index contributed by atoms with van der Waals surface area (Å²) in [5.74, 6) is -1.79. The number of carbonyl (C=O) groups excluding carboxylic acids is 5. The molecule has 292 valence electrons. The van der Waals surface area contributed by atoms with Gasteiger partial charge < -0.3 is 37.4 Å². The minimum absolute atomic E-state index is 0.0183. The molecular weight excluding hydrogens is 707 g/mol. The number of aryl methyl sites for hydroxylation is 2. The number of rotatable bonds is 18. The molecule has 0 spiro atoms. The van der Waals surface area contributed by atoms with Crippen LogP contribution in [0.1, 0.15) is 88.1 Å². The van der Waals surface area contributed by atoms with Crippen molar-refractivity contribution in [1.29, 1.82) is 0 Å². The highest BCUT2D eigenvalue weighted by molar-refractivity contribution is 7.13. The Morgan fingerprint density at radius 2 is 1.56 bits per heavy atom. The zero-order valence-electron chi connectivity index (χ0n) is 31.7. The van der Waals surface area contributed by atoms with E-state index in [9.17, 15) is 29.1 Å². The van der Waals surface area contributed by atoms with E-state index in [1.54, 1.807) is 11.3 Å². The molecule has 0 saturated carbocycles. The maximum Gasteiger partial charge on any atom is 0.246 e. The van der Waals surface area contributed by atoms with Crippen molar-refractivity contribution in [2.24, 2.45) is 16.9 Å². The molecule has 54 heavy (non-hydrogen) atoms. The fourth-order valence-corrected chi connectivity index (χ4v) is 7.19. The second-order valence-electron chi connectivity index (χ2n) is 15.2. The third-order valence-corrected chi connectivity index (χ3v) is 10.6. The van der Waals surface area contributed by atoms with Gasteiger partial charge in [0, 0.05) is 38.9 Å². The number of nitrogens with zero attached hydrogens (tertiary/aromatic N) is 2. The van der Waals surface area contributed by atoms with Crippen LogP contribution in [0.15, 0.2) is 54.0 Å². The third kappa shape index (κ3) is 12.5. The number of aliphatic hydroxyl groups excluding tert-OH is 1. The molecule has 13 nitrogen and oxygen atoms in total. The predicted molar refractivity (Wildman–Crippen MR) is 209 cm³/mol. The van der Waals surface area contributed by atoms with Gasteiger partial charge in [0.05, 0.1) is 28.2 Å². The summed E-state index contributed by atoms with van der Waals surface area (Å²) < 4.78 is 0. The quantitative estimate of drug-likeness (QED) is 0.106. The van der Waals surface area contributed by atoms with Crippen molar-refractivity contribution in [3.8, 4) is 10.4 Å². The first-order valence-electron chi connectivity index (χ1n) is 18.6. The SMILES string of the molecule is Cc1ncsc1-c1ccc(CNC(=O)[C@@H]2C[C@@H](O)CN2C(=O)C(NC(=O)CCCCCc2ccc(CNC(=O)[C@@H](N)CCC(N)=O)cc2)C(C)(C)C)cc1. The van der Waals surface area contributed by atoms with Crippen LogP contribution in [0.4, 0.5) is 0 Å². The predicted octanol–water partition coefficient (Wildman–Crippen LogP) is 3.24. The summed E-state index contributed by atoms with van der Waals surface area (Å²) in [6, 6.07) is 13.3. The van der Waals surface area contributed by atoms with E-state index in [1.807, 2.05) is 81.7 Å². The van der Waals surface area contributed by atoms with Gasteiger partial charge in [-0.25, -0.2) is 4.98 Å². The molecule has 4 rings (SSSR count). The van der Waals surface area contributed by atoms with Gasteiger partial charge in [0.15, 0.2) is 0 Å². The highest BCUT2D eigenvalue weighted by atomic mass is 32.1. The number of unbranched alkanes of at least 4 members (excludes halogenated alkanes) is 2. The van der Waals surface area contributed by atoms with Gasteiger partial charge in [0.1, 0.15) is 12.1 Å². The molecule has 4 atom stereocenters. The van der Waals surface area contributed by atoms with Crippen LogP contribution in [-0.4, -0.2) is 75.3 Å². The van der Waals surface area contributed by atoms with Crippen molar-refractivity contribution in [1.82, 2.24) is 25.8 Å². The largest absolute Gasteiger partial charge is 0.391 e. The van der Waals surface area contributed by atoms with E-state index in [2.05, 4.69) is 20.9 Å². The molecule has 1 unspecified atom stereocenters. The van der Waals surface area contributed by atoms with Gasteiger partial charge in [0.25, 0.3) is 0 Å². The van der Waals surface area contributed by atoms with Crippen LogP contribution in [0, 0.1) is 12.3 Å². The standard InChI is InChI=1S/C40H55N7O6S/c1-25-35(54-24-45-25)29-16-14-28(15-17-29)22-44-38(52)32-20-30(48)23-47(32)39(53)36(40(2,3)4)46-34(50)9-7-5-6-8-26-10-12-27(13-11-26)21-43-37(51)31(41)18-19-33(42)49/h10-17,24,30-32,36,48H,5-9,18-23,41H2,1-4H3,(H2,42,49)(H,43,51)(H,44,52)(H,46,50)/t30-,31+,32+,36?/m1/s1. The van der Waals surface area contributed by atoms with Gasteiger partial charge >= 0.3 is 0 Å². The number of nitrogens with two attached hydrogens (primary N) is 2. The molecule has 14 heteroatoms. The van der Waals surface area contributed by atoms with Gasteiger partial charge in [-0.05, 0) is 60.3 Å². The zero-order chi connectivity index (χ0) is 39.4. The monoisotopic (exact) mass is 761 g/mol. The molecule has 0 aliphatic carbocycles. The summed E-state index contributed by atoms with van der Waals surface area (Å²) in [5, 5.41) is 19.2. The highest BCUT2D eigenvalue weighted by Crippen LogP contribution is 2.28. The number of β-amino-alcohol motifs (C(OH)–C–C–N with tert-alkyl or cyclic N) is 1. The average Bonchev–Trinajstić information content (AvgIpc) is 3.75. The summed E-state index contributed by atoms with van der Waals surface area (Å²) >= 11 is 1.58. The van der Waals surface area contributed by atoms with E-state index < -0.39 is 35.6 Å². The van der Waals surface area contributed by atoms with E-state index in [0.29, 0.717) is 13.0 Å². The molecular formula is C40H55N7O6S. The summed E-state index contributed by atoms with van der Waals surface area (Å²) in [6.07, 6.45) is 2.97. The lowest BCUT2D eigenvalue weighted by Gasteiger charge is -2.35. The molecule has 2 heterocycles. The smallest absolute Gasteiger partial charge is 0.246 e. The first kappa shape index (κ1) is 42.1. The molecule has 0 bridgehead atoms. The van der Waals surface area contributed by atoms with Crippen LogP contribution in [0.5, 0.6) is 0 Å². The zero-order valence-corrected chi connectivity index (χ0v) is 32.5. The van der Waals surface area contributed by atoms with Crippen LogP contribution >= 0.6 is 11.3 Å². The topological polar surface area (TPSA) is 210 Å². The first-order valence-corrected chi connectivity index (χ1v) is 19.4. The van der Waals surface area contributed by atoms with E-state index in [1.165, 1.54) is 4.90 Å². The Morgan fingerprint density at radius 3 is 2.17 bits per heavy atom. The van der Waals surface area contributed by atoms with Gasteiger partial charge in [-0.2, -0.15) is 0 Å². The Kier molecular flexibility index (Phi) is 15.3. The lowest BCUT2D eigenvalue weighted by atomic mass is 9.85. The van der Waals surface area contributed by atoms with Crippen molar-refractivity contribution < 1.29 is 29.1 Å². The van der Waals surface area contributed by atoms with E-state index in [-0.39, 0.29) is 62.4 Å². The lowest BCUT2D eigenvalue weighted by molar-refractivity contribution is -0.144. The summed E-state index contributed by atoms with van der Waals surface area (Å²) in [7, 11) is 0. The molecule has 3 aromatic rings. The van der Waals surface area contributed by atoms with Gasteiger partial charge in [-0.1, -0.05) is 75.7 Å². The highest BCUT2D eigenvalue weighted by Gasteiger charge is 2.44. The van der Waals surface area contributed by atoms with Gasteiger partial charge in [0.2, 0.25) is 29.5 Å². The fourth-order valence-electron chi connectivity index (χ4n) is 6.38. The van der Waals surface area contributed by atoms with E-state index >= 15 is 0 Å². The Bertz CT molecular complexity index is 1740. The number of benzene rings is 2. The van der Waals surface area contributed by atoms with Crippen LogP contribution in [0.2, 0.25) is 0 Å². The Hall–Kier alpha value is -4.66. The Labute approximate surface area is 321 Å². The van der Waals surface area contributed by atoms with Crippen LogP contribution in [0.25, 0.3) is 10.4 Å². The van der Waals surface area contributed by atoms with E-state index in [0.717, 1.165) is 52.1 Å². The van der Waals surface area contributed by atoms with Gasteiger partial charge in [-0.15, -0.1) is 11.3 Å². The normalized spacial score (nSPS) is 16.7. The maximum absolute atomic E-state index is 13.9. The fraction of sp³-hybridized carbons (Fsp3) is 0.500. The summed E-state index contributed by atoms with van der Waals surface area (Å²) in [6.45, 7) is 8.20. The van der Waals surface area contributed by atoms with Crippen LogP contribution in [-0.2, 0) is 43.5 Å². The van der Waals surface area contributed by atoms with Crippen LogP contribution in [0.3, 0.4) is 0 Å². The number of hydrogen-bond acceptors (Lipinski definition) is 9. The number of carbonyl (C=O) groups is 5. The molecule has 1 aliphatic heterocycles. The van der Waals surface area contributed by atoms with Crippen molar-refractivity contribution in [2.45, 2.75) is 116 Å². The summed E-state index contributed by atoms with van der Waals surface area (Å²) in [4.78, 5) is 70.2. The Morgan fingerprint density at radius 1 is 0.926 bits per heavy atom. The second kappa shape index (κ2) is 19.6. The average molecular weight is 762 g/mol. The molecule has 1 aliphatic rings. The minimum Gasteiger partial charge on any atom is -0.391 e. The molecule has 5 amide bonds. The van der Waals surface area contributed by atoms with Crippen molar-refractivity contribution in [3.05, 3.63) is 76.4 Å². The molecule has 1 fully saturated rings. The van der Waals surface area contributed by atoms with Crippen molar-refractivity contribution in [3.63, 3.8) is 0 Å². The van der Waals surface area contributed by atoms with Crippen molar-refractivity contribution in [2.75, 3.05) is 6.54 Å².